The van der Waals surface area contributed by atoms with Gasteiger partial charge in [0.25, 0.3) is 0 Å². The lowest BCUT2D eigenvalue weighted by molar-refractivity contribution is 1.18. The molecule has 2 nitrogen and oxygen atoms in total. The summed E-state index contributed by atoms with van der Waals surface area (Å²) in [6.07, 6.45) is 0. The molecule has 0 atom stereocenters. The summed E-state index contributed by atoms with van der Waals surface area (Å²) in [5.74, 6) is 0. The average Bonchev–Trinajstić information content (AvgIpc) is 3.66. The molecule has 0 bridgehead atoms. The normalized spacial score (nSPS) is 11.8. The van der Waals surface area contributed by atoms with Crippen LogP contribution in [0.2, 0.25) is 0 Å². The van der Waals surface area contributed by atoms with E-state index >= 15 is 0 Å². The van der Waals surface area contributed by atoms with Crippen LogP contribution in [0.15, 0.2) is 182 Å². The van der Waals surface area contributed by atoms with E-state index in [4.69, 9.17) is 0 Å². The van der Waals surface area contributed by atoms with Gasteiger partial charge in [0.05, 0.1) is 22.1 Å². The van der Waals surface area contributed by atoms with Crippen LogP contribution in [0.4, 0.5) is 0 Å². The second-order valence-electron chi connectivity index (χ2n) is 12.6. The van der Waals surface area contributed by atoms with Crippen molar-refractivity contribution in [3.63, 3.8) is 0 Å². The highest BCUT2D eigenvalue weighted by Gasteiger charge is 2.20. The second-order valence-corrected chi connectivity index (χ2v) is 12.6. The van der Waals surface area contributed by atoms with Crippen LogP contribution in [0.1, 0.15) is 0 Å². The molecule has 48 heavy (non-hydrogen) atoms. The van der Waals surface area contributed by atoms with Crippen molar-refractivity contribution >= 4 is 54.4 Å². The Morgan fingerprint density at radius 3 is 1.56 bits per heavy atom. The third-order valence-electron chi connectivity index (χ3n) is 9.87. The summed E-state index contributed by atoms with van der Waals surface area (Å²) in [7, 11) is 0. The fraction of sp³-hybridized carbons (Fsp3) is 0. The number of nitrogens with zero attached hydrogens (tertiary/aromatic N) is 2. The number of hydrogen-bond acceptors (Lipinski definition) is 0. The first-order chi connectivity index (χ1) is 23.8. The van der Waals surface area contributed by atoms with Crippen molar-refractivity contribution in [2.24, 2.45) is 0 Å². The van der Waals surface area contributed by atoms with Crippen LogP contribution in [-0.4, -0.2) is 9.13 Å². The van der Waals surface area contributed by atoms with Crippen LogP contribution in [0.25, 0.3) is 88.0 Å². The molecule has 0 amide bonds. The number of fused-ring (bicyclic) bond motifs is 7. The molecular weight excluding hydrogens is 581 g/mol. The van der Waals surface area contributed by atoms with Gasteiger partial charge < -0.3 is 9.13 Å². The van der Waals surface area contributed by atoms with Crippen molar-refractivity contribution in [1.82, 2.24) is 9.13 Å². The van der Waals surface area contributed by atoms with Gasteiger partial charge in [0.1, 0.15) is 0 Å². The number of hydrogen-bond donors (Lipinski definition) is 0. The zero-order valence-corrected chi connectivity index (χ0v) is 26.2. The highest BCUT2D eigenvalue weighted by Crippen LogP contribution is 2.42. The van der Waals surface area contributed by atoms with Gasteiger partial charge in [-0.25, -0.2) is 0 Å². The zero-order valence-electron chi connectivity index (χ0n) is 26.2. The molecule has 0 aliphatic rings. The molecule has 0 fully saturated rings. The fourth-order valence-electron chi connectivity index (χ4n) is 7.70. The van der Waals surface area contributed by atoms with E-state index in [9.17, 15) is 0 Å². The molecule has 10 rings (SSSR count). The van der Waals surface area contributed by atoms with Crippen LogP contribution in [0.5, 0.6) is 0 Å². The zero-order chi connectivity index (χ0) is 31.6. The molecule has 0 aliphatic carbocycles. The van der Waals surface area contributed by atoms with Gasteiger partial charge >= 0.3 is 0 Å². The molecule has 8 aromatic carbocycles. The molecule has 0 aliphatic heterocycles. The quantitative estimate of drug-likeness (QED) is 0.188. The Hall–Kier alpha value is -6.38. The molecule has 224 valence electrons. The smallest absolute Gasteiger partial charge is 0.0548 e. The molecule has 2 aromatic heterocycles. The molecule has 0 saturated carbocycles. The largest absolute Gasteiger partial charge is 0.309 e. The predicted molar refractivity (Wildman–Crippen MR) is 203 cm³/mol. The molecule has 0 N–H and O–H groups in total. The summed E-state index contributed by atoms with van der Waals surface area (Å²) in [5, 5.41) is 7.48. The first kappa shape index (κ1) is 26.8. The lowest BCUT2D eigenvalue weighted by Gasteiger charge is -2.14. The third-order valence-corrected chi connectivity index (χ3v) is 9.87. The minimum absolute atomic E-state index is 1.16. The molecule has 2 heterocycles. The SMILES string of the molecule is c1ccc(-c2ccc3c(c2)c2cc4c(cc2n3-c2ccccc2)c2ccccc2n4-c2cc(-c3ccccc3)c3ccccc3c2)cc1. The molecule has 2 heteroatoms. The molecule has 10 aromatic rings. The monoisotopic (exact) mass is 610 g/mol. The van der Waals surface area contributed by atoms with Gasteiger partial charge in [-0.2, -0.15) is 0 Å². The third kappa shape index (κ3) is 4.06. The Balaban J connectivity index is 1.33. The number of benzene rings is 8. The lowest BCUT2D eigenvalue weighted by atomic mass is 9.97. The first-order valence-electron chi connectivity index (χ1n) is 16.5. The molecule has 0 spiro atoms. The summed E-state index contributed by atoms with van der Waals surface area (Å²) in [6.45, 7) is 0. The van der Waals surface area contributed by atoms with Crippen molar-refractivity contribution in [1.29, 1.82) is 0 Å². The maximum absolute atomic E-state index is 2.47. The standard InChI is InChI=1S/C46H30N2/c1-4-14-31(15-5-1)33-24-25-44-40(27-33)42-30-45-41(29-46(42)47(44)35-19-8-3-9-20-35)38-22-12-13-23-43(38)48(45)36-26-34-18-10-11-21-37(34)39(28-36)32-16-6-2-7-17-32/h1-30H. The van der Waals surface area contributed by atoms with E-state index in [1.54, 1.807) is 0 Å². The van der Waals surface area contributed by atoms with Gasteiger partial charge in [0.2, 0.25) is 0 Å². The lowest BCUT2D eigenvalue weighted by Crippen LogP contribution is -1.96. The van der Waals surface area contributed by atoms with Crippen LogP contribution in [0.3, 0.4) is 0 Å². The summed E-state index contributed by atoms with van der Waals surface area (Å²) in [5.41, 5.74) is 12.0. The Kier molecular flexibility index (Phi) is 5.91. The second kappa shape index (κ2) is 10.6. The molecule has 0 radical (unpaired) electrons. The number of para-hydroxylation sites is 2. The highest BCUT2D eigenvalue weighted by molar-refractivity contribution is 6.19. The predicted octanol–water partition coefficient (Wildman–Crippen LogP) is 12.4. The highest BCUT2D eigenvalue weighted by atomic mass is 15.0. The van der Waals surface area contributed by atoms with Gasteiger partial charge in [-0.05, 0) is 87.6 Å². The van der Waals surface area contributed by atoms with E-state index in [2.05, 4.69) is 191 Å². The average molecular weight is 611 g/mol. The summed E-state index contributed by atoms with van der Waals surface area (Å²) in [6, 6.07) is 66.3. The minimum Gasteiger partial charge on any atom is -0.309 e. The number of rotatable bonds is 4. The van der Waals surface area contributed by atoms with Crippen molar-refractivity contribution in [3.05, 3.63) is 182 Å². The Labute approximate surface area is 278 Å². The van der Waals surface area contributed by atoms with E-state index in [1.807, 2.05) is 0 Å². The van der Waals surface area contributed by atoms with E-state index < -0.39 is 0 Å². The van der Waals surface area contributed by atoms with Gasteiger partial charge in [-0.1, -0.05) is 127 Å². The van der Waals surface area contributed by atoms with Crippen molar-refractivity contribution < 1.29 is 0 Å². The Morgan fingerprint density at radius 2 is 0.812 bits per heavy atom. The van der Waals surface area contributed by atoms with Crippen LogP contribution >= 0.6 is 0 Å². The summed E-state index contributed by atoms with van der Waals surface area (Å²) < 4.78 is 4.89. The van der Waals surface area contributed by atoms with Crippen LogP contribution in [0, 0.1) is 0 Å². The minimum atomic E-state index is 1.16. The van der Waals surface area contributed by atoms with E-state index in [-0.39, 0.29) is 0 Å². The van der Waals surface area contributed by atoms with Crippen molar-refractivity contribution in [2.75, 3.05) is 0 Å². The summed E-state index contributed by atoms with van der Waals surface area (Å²) in [4.78, 5) is 0. The van der Waals surface area contributed by atoms with Gasteiger partial charge in [0.15, 0.2) is 0 Å². The topological polar surface area (TPSA) is 9.86 Å². The van der Waals surface area contributed by atoms with Crippen LogP contribution < -0.4 is 0 Å². The van der Waals surface area contributed by atoms with Crippen molar-refractivity contribution in [2.45, 2.75) is 0 Å². The van der Waals surface area contributed by atoms with E-state index in [0.29, 0.717) is 0 Å². The molecular formula is C46H30N2. The van der Waals surface area contributed by atoms with Gasteiger partial charge in [-0.3, -0.25) is 0 Å². The Bertz CT molecular complexity index is 2810. The van der Waals surface area contributed by atoms with Crippen LogP contribution in [-0.2, 0) is 0 Å². The summed E-state index contributed by atoms with van der Waals surface area (Å²) >= 11 is 0. The van der Waals surface area contributed by atoms with E-state index in [1.165, 1.54) is 76.6 Å². The molecule has 0 saturated heterocycles. The first-order valence-corrected chi connectivity index (χ1v) is 16.5. The molecule has 0 unspecified atom stereocenters. The van der Waals surface area contributed by atoms with E-state index in [0.717, 1.165) is 11.4 Å². The maximum atomic E-state index is 2.47. The van der Waals surface area contributed by atoms with Gasteiger partial charge in [-0.15, -0.1) is 0 Å². The maximum Gasteiger partial charge on any atom is 0.0548 e. The number of aromatic nitrogens is 2. The van der Waals surface area contributed by atoms with Crippen molar-refractivity contribution in [3.8, 4) is 33.6 Å². The Morgan fingerprint density at radius 1 is 0.271 bits per heavy atom. The fourth-order valence-corrected chi connectivity index (χ4v) is 7.70. The van der Waals surface area contributed by atoms with Gasteiger partial charge in [0, 0.05) is 32.9 Å².